The van der Waals surface area contributed by atoms with Crippen LogP contribution in [-0.4, -0.2) is 35.5 Å². The van der Waals surface area contributed by atoms with E-state index in [1.807, 2.05) is 19.1 Å². The molecule has 0 saturated heterocycles. The average molecular weight is 348 g/mol. The van der Waals surface area contributed by atoms with Crippen molar-refractivity contribution in [3.05, 3.63) is 35.4 Å². The number of amides is 2. The largest absolute Gasteiger partial charge is 0.480 e. The lowest BCUT2D eigenvalue weighted by Gasteiger charge is -2.19. The summed E-state index contributed by atoms with van der Waals surface area (Å²) in [6.45, 7) is 7.96. The second-order valence-electron chi connectivity index (χ2n) is 7.11. The minimum absolute atomic E-state index is 0.000768. The lowest BCUT2D eigenvalue weighted by atomic mass is 9.87. The predicted molar refractivity (Wildman–Crippen MR) is 96.6 cm³/mol. The molecule has 0 heterocycles. The summed E-state index contributed by atoms with van der Waals surface area (Å²) in [5, 5.41) is 14.0. The summed E-state index contributed by atoms with van der Waals surface area (Å²) in [5.74, 6) is -1.94. The number of rotatable bonds is 8. The number of hydrogen-bond donors (Lipinski definition) is 3. The van der Waals surface area contributed by atoms with E-state index in [1.165, 1.54) is 0 Å². The first-order valence-corrected chi connectivity index (χ1v) is 8.56. The van der Waals surface area contributed by atoms with Gasteiger partial charge in [-0.1, -0.05) is 52.7 Å². The van der Waals surface area contributed by atoms with Crippen molar-refractivity contribution in [1.82, 2.24) is 10.6 Å². The first-order valence-electron chi connectivity index (χ1n) is 8.56. The lowest BCUT2D eigenvalue weighted by molar-refractivity contribution is -0.141. The Labute approximate surface area is 149 Å². The molecule has 138 valence electrons. The van der Waals surface area contributed by atoms with E-state index in [1.54, 1.807) is 12.1 Å². The SMILES string of the molecule is CCCCC(NC(=O)CNC(=O)c1ccc(C(C)(C)C)cc1)C(=O)O. The van der Waals surface area contributed by atoms with Crippen LogP contribution < -0.4 is 10.6 Å². The molecule has 3 N–H and O–H groups in total. The lowest BCUT2D eigenvalue weighted by Crippen LogP contribution is -2.45. The Kier molecular flexibility index (Phi) is 7.61. The van der Waals surface area contributed by atoms with Crippen LogP contribution in [0.15, 0.2) is 24.3 Å². The maximum atomic E-state index is 12.1. The number of aliphatic carboxylic acids is 1. The Morgan fingerprint density at radius 3 is 2.20 bits per heavy atom. The molecule has 0 spiro atoms. The van der Waals surface area contributed by atoms with Crippen molar-refractivity contribution < 1.29 is 19.5 Å². The highest BCUT2D eigenvalue weighted by molar-refractivity contribution is 5.96. The zero-order chi connectivity index (χ0) is 19.0. The van der Waals surface area contributed by atoms with Crippen molar-refractivity contribution in [3.63, 3.8) is 0 Å². The number of carbonyl (C=O) groups is 3. The zero-order valence-corrected chi connectivity index (χ0v) is 15.4. The van der Waals surface area contributed by atoms with Crippen LogP contribution in [0.1, 0.15) is 62.9 Å². The fourth-order valence-electron chi connectivity index (χ4n) is 2.30. The molecule has 0 bridgehead atoms. The second-order valence-corrected chi connectivity index (χ2v) is 7.11. The second kappa shape index (κ2) is 9.20. The molecule has 1 atom stereocenters. The van der Waals surface area contributed by atoms with Crippen LogP contribution in [0.5, 0.6) is 0 Å². The molecule has 1 rings (SSSR count). The van der Waals surface area contributed by atoms with Crippen molar-refractivity contribution >= 4 is 17.8 Å². The number of carboxylic acids is 1. The van der Waals surface area contributed by atoms with Crippen LogP contribution in [0.2, 0.25) is 0 Å². The van der Waals surface area contributed by atoms with Gasteiger partial charge in [-0.05, 0) is 29.5 Å². The monoisotopic (exact) mass is 348 g/mol. The minimum atomic E-state index is -1.06. The van der Waals surface area contributed by atoms with E-state index in [0.717, 1.165) is 12.0 Å². The summed E-state index contributed by atoms with van der Waals surface area (Å²) >= 11 is 0. The smallest absolute Gasteiger partial charge is 0.326 e. The molecular weight excluding hydrogens is 320 g/mol. The Morgan fingerprint density at radius 2 is 1.72 bits per heavy atom. The fraction of sp³-hybridized carbons (Fsp3) is 0.526. The van der Waals surface area contributed by atoms with E-state index >= 15 is 0 Å². The molecule has 0 radical (unpaired) electrons. The third-order valence-electron chi connectivity index (χ3n) is 3.90. The molecule has 6 nitrogen and oxygen atoms in total. The van der Waals surface area contributed by atoms with E-state index in [0.29, 0.717) is 18.4 Å². The topological polar surface area (TPSA) is 95.5 Å². The number of nitrogens with one attached hydrogen (secondary N) is 2. The number of benzene rings is 1. The van der Waals surface area contributed by atoms with Gasteiger partial charge in [0, 0.05) is 5.56 Å². The quantitative estimate of drug-likeness (QED) is 0.672. The first-order chi connectivity index (χ1) is 11.6. The van der Waals surface area contributed by atoms with Crippen LogP contribution in [0.3, 0.4) is 0 Å². The van der Waals surface area contributed by atoms with Gasteiger partial charge in [0.25, 0.3) is 5.91 Å². The van der Waals surface area contributed by atoms with E-state index in [4.69, 9.17) is 5.11 Å². The average Bonchev–Trinajstić information content (AvgIpc) is 2.55. The number of carbonyl (C=O) groups excluding carboxylic acids is 2. The van der Waals surface area contributed by atoms with Gasteiger partial charge in [0.2, 0.25) is 5.91 Å². The van der Waals surface area contributed by atoms with Crippen molar-refractivity contribution in [2.45, 2.75) is 58.4 Å². The van der Waals surface area contributed by atoms with Gasteiger partial charge < -0.3 is 15.7 Å². The Hall–Kier alpha value is -2.37. The highest BCUT2D eigenvalue weighted by Crippen LogP contribution is 2.22. The standard InChI is InChI=1S/C19H28N2O4/c1-5-6-7-15(18(24)25)21-16(22)12-20-17(23)13-8-10-14(11-9-13)19(2,3)4/h8-11,15H,5-7,12H2,1-4H3,(H,20,23)(H,21,22)(H,24,25). The molecule has 1 aromatic carbocycles. The zero-order valence-electron chi connectivity index (χ0n) is 15.4. The third-order valence-corrected chi connectivity index (χ3v) is 3.90. The van der Waals surface area contributed by atoms with Gasteiger partial charge in [-0.15, -0.1) is 0 Å². The van der Waals surface area contributed by atoms with Crippen LogP contribution in [0.4, 0.5) is 0 Å². The Balaban J connectivity index is 2.55. The van der Waals surface area contributed by atoms with Gasteiger partial charge in [0.15, 0.2) is 0 Å². The highest BCUT2D eigenvalue weighted by Gasteiger charge is 2.19. The van der Waals surface area contributed by atoms with Gasteiger partial charge in [-0.3, -0.25) is 9.59 Å². The maximum Gasteiger partial charge on any atom is 0.326 e. The molecular formula is C19H28N2O4. The summed E-state index contributed by atoms with van der Waals surface area (Å²) in [6, 6.07) is 6.29. The molecule has 0 aliphatic heterocycles. The van der Waals surface area contributed by atoms with E-state index in [9.17, 15) is 14.4 Å². The summed E-state index contributed by atoms with van der Waals surface area (Å²) < 4.78 is 0. The first kappa shape index (κ1) is 20.7. The fourth-order valence-corrected chi connectivity index (χ4v) is 2.30. The predicted octanol–water partition coefficient (Wildman–Crippen LogP) is 2.47. The Bertz CT molecular complexity index is 603. The van der Waals surface area contributed by atoms with Crippen LogP contribution in [0.25, 0.3) is 0 Å². The normalized spacial score (nSPS) is 12.3. The molecule has 1 aromatic rings. The highest BCUT2D eigenvalue weighted by atomic mass is 16.4. The van der Waals surface area contributed by atoms with E-state index in [2.05, 4.69) is 31.4 Å². The van der Waals surface area contributed by atoms with Crippen molar-refractivity contribution in [3.8, 4) is 0 Å². The molecule has 2 amide bonds. The summed E-state index contributed by atoms with van der Waals surface area (Å²) in [7, 11) is 0. The number of carboxylic acid groups (broad SMARTS) is 1. The Morgan fingerprint density at radius 1 is 1.12 bits per heavy atom. The van der Waals surface area contributed by atoms with E-state index < -0.39 is 17.9 Å². The van der Waals surface area contributed by atoms with E-state index in [-0.39, 0.29) is 17.9 Å². The van der Waals surface area contributed by atoms with Crippen LogP contribution in [0, 0.1) is 0 Å². The van der Waals surface area contributed by atoms with Crippen LogP contribution in [-0.2, 0) is 15.0 Å². The minimum Gasteiger partial charge on any atom is -0.480 e. The number of hydrogen-bond acceptors (Lipinski definition) is 3. The van der Waals surface area contributed by atoms with Gasteiger partial charge >= 0.3 is 5.97 Å². The molecule has 0 aliphatic carbocycles. The number of unbranched alkanes of at least 4 members (excludes halogenated alkanes) is 1. The molecule has 1 unspecified atom stereocenters. The third kappa shape index (κ3) is 6.95. The van der Waals surface area contributed by atoms with Crippen LogP contribution >= 0.6 is 0 Å². The molecule has 0 aliphatic rings. The van der Waals surface area contributed by atoms with Gasteiger partial charge in [-0.25, -0.2) is 4.79 Å². The van der Waals surface area contributed by atoms with Gasteiger partial charge in [-0.2, -0.15) is 0 Å². The van der Waals surface area contributed by atoms with Crippen molar-refractivity contribution in [1.29, 1.82) is 0 Å². The summed E-state index contributed by atoms with van der Waals surface area (Å²) in [4.78, 5) is 35.1. The molecule has 0 aromatic heterocycles. The maximum absolute atomic E-state index is 12.1. The van der Waals surface area contributed by atoms with Gasteiger partial charge in [0.05, 0.1) is 6.54 Å². The molecule has 6 heteroatoms. The van der Waals surface area contributed by atoms with Gasteiger partial charge in [0.1, 0.15) is 6.04 Å². The van der Waals surface area contributed by atoms with Crippen molar-refractivity contribution in [2.75, 3.05) is 6.54 Å². The molecule has 25 heavy (non-hydrogen) atoms. The molecule has 0 saturated carbocycles. The van der Waals surface area contributed by atoms with Crippen molar-refractivity contribution in [2.24, 2.45) is 0 Å². The molecule has 0 fully saturated rings. The summed E-state index contributed by atoms with van der Waals surface area (Å²) in [6.07, 6.45) is 1.93. The summed E-state index contributed by atoms with van der Waals surface area (Å²) in [5.41, 5.74) is 1.57.